The summed E-state index contributed by atoms with van der Waals surface area (Å²) in [6, 6.07) is 0. The molecule has 4 heteroatoms. The number of esters is 1. The molecule has 2 heterocycles. The summed E-state index contributed by atoms with van der Waals surface area (Å²) < 4.78 is 17.7. The van der Waals surface area contributed by atoms with E-state index in [2.05, 4.69) is 44.8 Å². The van der Waals surface area contributed by atoms with Gasteiger partial charge in [0.15, 0.2) is 6.29 Å². The first kappa shape index (κ1) is 20.4. The van der Waals surface area contributed by atoms with Crippen LogP contribution in [0.4, 0.5) is 0 Å². The maximum absolute atomic E-state index is 11.7. The van der Waals surface area contributed by atoms with Crippen LogP contribution in [0, 0.1) is 35.0 Å². The van der Waals surface area contributed by atoms with Crippen molar-refractivity contribution in [3.63, 3.8) is 0 Å². The maximum atomic E-state index is 11.7. The Morgan fingerprint density at radius 3 is 2.89 bits per heavy atom. The lowest BCUT2D eigenvalue weighted by Crippen LogP contribution is -2.36. The Morgan fingerprint density at radius 1 is 1.37 bits per heavy atom. The van der Waals surface area contributed by atoms with Crippen molar-refractivity contribution in [2.75, 3.05) is 6.61 Å². The van der Waals surface area contributed by atoms with Gasteiger partial charge >= 0.3 is 5.97 Å². The third-order valence-corrected chi connectivity index (χ3v) is 6.35. The van der Waals surface area contributed by atoms with Crippen LogP contribution < -0.4 is 0 Å². The largest absolute Gasteiger partial charge is 0.462 e. The molecule has 0 aromatic rings. The number of carbonyl (C=O) groups excluding carboxylic acids is 1. The summed E-state index contributed by atoms with van der Waals surface area (Å²) in [6.07, 6.45) is 9.90. The minimum Gasteiger partial charge on any atom is -0.462 e. The van der Waals surface area contributed by atoms with Crippen LogP contribution >= 0.6 is 0 Å². The molecule has 0 spiro atoms. The predicted molar refractivity (Wildman–Crippen MR) is 105 cm³/mol. The summed E-state index contributed by atoms with van der Waals surface area (Å²) in [5.41, 5.74) is -0.108. The van der Waals surface area contributed by atoms with Crippen molar-refractivity contribution in [2.24, 2.45) is 23.2 Å². The molecule has 0 aromatic carbocycles. The van der Waals surface area contributed by atoms with Crippen LogP contribution in [0.1, 0.15) is 66.2 Å². The molecule has 1 aliphatic carbocycles. The molecule has 0 amide bonds. The van der Waals surface area contributed by atoms with E-state index < -0.39 is 0 Å². The fourth-order valence-corrected chi connectivity index (χ4v) is 4.63. The second-order valence-electron chi connectivity index (χ2n) is 9.02. The number of hydrogen-bond acceptors (Lipinski definition) is 4. The Morgan fingerprint density at radius 2 is 2.19 bits per heavy atom. The molecule has 6 atom stereocenters. The zero-order valence-electron chi connectivity index (χ0n) is 17.2. The molecule has 3 rings (SSSR count). The van der Waals surface area contributed by atoms with Gasteiger partial charge in [0, 0.05) is 24.4 Å². The van der Waals surface area contributed by atoms with Gasteiger partial charge in [0.2, 0.25) is 0 Å². The van der Waals surface area contributed by atoms with E-state index in [1.54, 1.807) is 0 Å². The standard InChI is InChI=1S/C23H34O4/c1-5-6-12-23(3,4)20(27-22-9-7-8-13-25-22)11-10-17-16(2)14-19-18(17)15-21(24)26-19/h10-11,16-20,22H,7-9,12-15H2,1-4H3/t16-,17+,18-,19+,20-,22?/m1/s1. The van der Waals surface area contributed by atoms with Crippen LogP contribution in [0.25, 0.3) is 0 Å². The molecule has 2 aliphatic heterocycles. The lowest BCUT2D eigenvalue weighted by Gasteiger charge is -2.35. The van der Waals surface area contributed by atoms with Crippen LogP contribution in [0.3, 0.4) is 0 Å². The van der Waals surface area contributed by atoms with Crippen molar-refractivity contribution < 1.29 is 19.0 Å². The number of fused-ring (bicyclic) bond motifs is 1. The maximum Gasteiger partial charge on any atom is 0.306 e. The van der Waals surface area contributed by atoms with Gasteiger partial charge in [0.25, 0.3) is 0 Å². The molecule has 0 radical (unpaired) electrons. The van der Waals surface area contributed by atoms with Gasteiger partial charge in [-0.1, -0.05) is 32.9 Å². The van der Waals surface area contributed by atoms with Crippen LogP contribution in [-0.4, -0.2) is 31.1 Å². The lowest BCUT2D eigenvalue weighted by molar-refractivity contribution is -0.196. The van der Waals surface area contributed by atoms with E-state index in [0.717, 1.165) is 38.7 Å². The van der Waals surface area contributed by atoms with E-state index in [0.29, 0.717) is 24.2 Å². The second-order valence-corrected chi connectivity index (χ2v) is 9.02. The number of hydrogen-bond donors (Lipinski definition) is 0. The molecule has 3 aliphatic rings. The van der Waals surface area contributed by atoms with E-state index >= 15 is 0 Å². The first-order valence-electron chi connectivity index (χ1n) is 10.4. The zero-order valence-corrected chi connectivity index (χ0v) is 17.2. The topological polar surface area (TPSA) is 44.8 Å². The van der Waals surface area contributed by atoms with E-state index in [9.17, 15) is 4.79 Å². The molecule has 1 saturated carbocycles. The Hall–Kier alpha value is -1.31. The first-order valence-corrected chi connectivity index (χ1v) is 10.4. The number of ether oxygens (including phenoxy) is 3. The molecule has 150 valence electrons. The molecule has 3 fully saturated rings. The third kappa shape index (κ3) is 4.95. The summed E-state index contributed by atoms with van der Waals surface area (Å²) in [5, 5.41) is 0. The van der Waals surface area contributed by atoms with Gasteiger partial charge in [0.1, 0.15) is 6.10 Å². The smallest absolute Gasteiger partial charge is 0.306 e. The zero-order chi connectivity index (χ0) is 19.4. The molecule has 4 nitrogen and oxygen atoms in total. The predicted octanol–water partition coefficient (Wildman–Crippen LogP) is 4.48. The summed E-state index contributed by atoms with van der Waals surface area (Å²) in [6.45, 7) is 9.33. The lowest BCUT2D eigenvalue weighted by atomic mass is 9.81. The quantitative estimate of drug-likeness (QED) is 0.391. The van der Waals surface area contributed by atoms with Crippen molar-refractivity contribution in [3.05, 3.63) is 12.2 Å². The van der Waals surface area contributed by atoms with Gasteiger partial charge in [-0.05, 0) is 44.4 Å². The number of allylic oxidation sites excluding steroid dienone is 1. The van der Waals surface area contributed by atoms with E-state index in [4.69, 9.17) is 14.2 Å². The monoisotopic (exact) mass is 374 g/mol. The van der Waals surface area contributed by atoms with E-state index in [-0.39, 0.29) is 29.9 Å². The Labute approximate surface area is 164 Å². The molecule has 0 aromatic heterocycles. The van der Waals surface area contributed by atoms with Crippen LogP contribution in [-0.2, 0) is 19.0 Å². The van der Waals surface area contributed by atoms with E-state index in [1.165, 1.54) is 0 Å². The average Bonchev–Trinajstić information content (AvgIpc) is 3.12. The highest BCUT2D eigenvalue weighted by atomic mass is 16.7. The SMILES string of the molecule is CC#CCC(C)(C)[C@@H](C=C[C@@H]1[C@H]2CC(=O)O[C@H]2C[C@H]1C)OC1CCCCO1. The van der Waals surface area contributed by atoms with Crippen molar-refractivity contribution >= 4 is 5.97 Å². The molecular formula is C23H34O4. The molecule has 0 bridgehead atoms. The van der Waals surface area contributed by atoms with Gasteiger partial charge < -0.3 is 14.2 Å². The molecule has 1 unspecified atom stereocenters. The Bertz CT molecular complexity index is 606. The first-order chi connectivity index (χ1) is 12.9. The highest BCUT2D eigenvalue weighted by molar-refractivity contribution is 5.72. The van der Waals surface area contributed by atoms with Gasteiger partial charge in [-0.3, -0.25) is 4.79 Å². The molecule has 27 heavy (non-hydrogen) atoms. The van der Waals surface area contributed by atoms with Crippen molar-refractivity contribution in [1.29, 1.82) is 0 Å². The summed E-state index contributed by atoms with van der Waals surface area (Å²) >= 11 is 0. The third-order valence-electron chi connectivity index (χ3n) is 6.35. The molecule has 0 N–H and O–H groups in total. The summed E-state index contributed by atoms with van der Waals surface area (Å²) in [5.74, 6) is 7.38. The summed E-state index contributed by atoms with van der Waals surface area (Å²) in [7, 11) is 0. The van der Waals surface area contributed by atoms with Crippen molar-refractivity contribution in [3.8, 4) is 11.8 Å². The van der Waals surface area contributed by atoms with Gasteiger partial charge in [0.05, 0.1) is 12.5 Å². The molecular weight excluding hydrogens is 340 g/mol. The van der Waals surface area contributed by atoms with Gasteiger partial charge in [-0.2, -0.15) is 0 Å². The van der Waals surface area contributed by atoms with Crippen LogP contribution in [0.2, 0.25) is 0 Å². The van der Waals surface area contributed by atoms with Crippen molar-refractivity contribution in [2.45, 2.75) is 84.7 Å². The Balaban J connectivity index is 1.73. The van der Waals surface area contributed by atoms with Gasteiger partial charge in [-0.15, -0.1) is 11.8 Å². The number of rotatable bonds is 6. The fraction of sp³-hybridized carbons (Fsp3) is 0.783. The second kappa shape index (κ2) is 8.80. The van der Waals surface area contributed by atoms with Crippen LogP contribution in [0.15, 0.2) is 12.2 Å². The highest BCUT2D eigenvalue weighted by Gasteiger charge is 2.47. The van der Waals surface area contributed by atoms with Gasteiger partial charge in [-0.25, -0.2) is 0 Å². The van der Waals surface area contributed by atoms with Crippen molar-refractivity contribution in [1.82, 2.24) is 0 Å². The Kier molecular flexibility index (Phi) is 6.65. The van der Waals surface area contributed by atoms with Crippen LogP contribution in [0.5, 0.6) is 0 Å². The normalized spacial score (nSPS) is 34.8. The summed E-state index contributed by atoms with van der Waals surface area (Å²) in [4.78, 5) is 11.7. The minimum absolute atomic E-state index is 0.0442. The highest BCUT2D eigenvalue weighted by Crippen LogP contribution is 2.45. The fourth-order valence-electron chi connectivity index (χ4n) is 4.63. The average molecular weight is 375 g/mol. The molecule has 2 saturated heterocycles. The minimum atomic E-state index is -0.132. The van der Waals surface area contributed by atoms with E-state index in [1.807, 2.05) is 6.92 Å². The number of carbonyl (C=O) groups is 1.